The molecule has 1 aliphatic rings. The molecule has 0 spiro atoms. The smallest absolute Gasteiger partial charge is 0.133 e. The lowest BCUT2D eigenvalue weighted by Gasteiger charge is -2.34. The molecule has 0 unspecified atom stereocenters. The molecule has 1 aliphatic heterocycles. The number of hydrogen-bond donors (Lipinski definition) is 0. The van der Waals surface area contributed by atoms with Gasteiger partial charge in [-0.05, 0) is 82.9 Å². The minimum absolute atomic E-state index is 0.130. The molecule has 4 rings (SSSR count). The molecule has 3 aromatic carbocycles. The standard InChI is InChI=1S/C24H25BrN2O/c1-17-6-4-8-20(14-17)26-12-13-27(21-9-5-7-18(2)15-21)24(26)19-10-11-23(28-3)22(25)16-19/h4-11,14-16,24H,12-13H2,1-3H3. The number of hydrogen-bond acceptors (Lipinski definition) is 3. The number of methoxy groups -OCH3 is 1. The minimum Gasteiger partial charge on any atom is -0.496 e. The van der Waals surface area contributed by atoms with Gasteiger partial charge in [0.15, 0.2) is 0 Å². The molecule has 3 aromatic rings. The Bertz CT molecular complexity index is 934. The van der Waals surface area contributed by atoms with Crippen molar-refractivity contribution in [3.8, 4) is 5.75 Å². The highest BCUT2D eigenvalue weighted by molar-refractivity contribution is 9.10. The van der Waals surface area contributed by atoms with Crippen LogP contribution in [0.25, 0.3) is 0 Å². The first-order chi connectivity index (χ1) is 13.6. The lowest BCUT2D eigenvalue weighted by Crippen LogP contribution is -2.31. The summed E-state index contributed by atoms with van der Waals surface area (Å²) in [6.07, 6.45) is 0.130. The van der Waals surface area contributed by atoms with Gasteiger partial charge in [0.05, 0.1) is 11.6 Å². The summed E-state index contributed by atoms with van der Waals surface area (Å²) in [7, 11) is 1.70. The molecule has 0 aromatic heterocycles. The van der Waals surface area contributed by atoms with E-state index in [4.69, 9.17) is 4.74 Å². The summed E-state index contributed by atoms with van der Waals surface area (Å²) < 4.78 is 6.42. The largest absolute Gasteiger partial charge is 0.496 e. The maximum absolute atomic E-state index is 5.44. The topological polar surface area (TPSA) is 15.7 Å². The van der Waals surface area contributed by atoms with Crippen LogP contribution >= 0.6 is 15.9 Å². The zero-order chi connectivity index (χ0) is 19.7. The lowest BCUT2D eigenvalue weighted by atomic mass is 10.1. The highest BCUT2D eigenvalue weighted by Crippen LogP contribution is 2.40. The van der Waals surface area contributed by atoms with Gasteiger partial charge in [0, 0.05) is 24.5 Å². The second-order valence-electron chi connectivity index (χ2n) is 7.33. The van der Waals surface area contributed by atoms with Crippen LogP contribution in [0.5, 0.6) is 5.75 Å². The van der Waals surface area contributed by atoms with E-state index in [2.05, 4.69) is 100 Å². The lowest BCUT2D eigenvalue weighted by molar-refractivity contribution is 0.412. The first-order valence-corrected chi connectivity index (χ1v) is 10.4. The average molecular weight is 437 g/mol. The number of rotatable bonds is 4. The summed E-state index contributed by atoms with van der Waals surface area (Å²) in [6, 6.07) is 23.9. The molecule has 0 bridgehead atoms. The Morgan fingerprint density at radius 2 is 1.39 bits per heavy atom. The number of aryl methyl sites for hydroxylation is 2. The van der Waals surface area contributed by atoms with Crippen LogP contribution in [-0.4, -0.2) is 20.2 Å². The molecule has 1 fully saturated rings. The van der Waals surface area contributed by atoms with E-state index >= 15 is 0 Å². The van der Waals surface area contributed by atoms with Crippen molar-refractivity contribution in [2.24, 2.45) is 0 Å². The molecular formula is C24H25BrN2O. The predicted molar refractivity (Wildman–Crippen MR) is 120 cm³/mol. The van der Waals surface area contributed by atoms with Crippen molar-refractivity contribution in [3.05, 3.63) is 87.9 Å². The number of benzene rings is 3. The Balaban J connectivity index is 1.80. The normalized spacial score (nSPS) is 14.6. The molecule has 0 saturated carbocycles. The molecule has 0 aliphatic carbocycles. The summed E-state index contributed by atoms with van der Waals surface area (Å²) in [5.41, 5.74) is 6.31. The van der Waals surface area contributed by atoms with Crippen LogP contribution in [0.4, 0.5) is 11.4 Å². The molecule has 0 N–H and O–H groups in total. The Labute approximate surface area is 175 Å². The van der Waals surface area contributed by atoms with E-state index in [-0.39, 0.29) is 6.17 Å². The predicted octanol–water partition coefficient (Wildman–Crippen LogP) is 6.10. The molecule has 0 atom stereocenters. The molecule has 3 nitrogen and oxygen atoms in total. The van der Waals surface area contributed by atoms with Crippen molar-refractivity contribution in [1.82, 2.24) is 0 Å². The Hall–Kier alpha value is -2.46. The van der Waals surface area contributed by atoms with E-state index in [0.29, 0.717) is 0 Å². The van der Waals surface area contributed by atoms with Gasteiger partial charge in [-0.25, -0.2) is 0 Å². The van der Waals surface area contributed by atoms with Crippen molar-refractivity contribution in [2.75, 3.05) is 30.0 Å². The van der Waals surface area contributed by atoms with Gasteiger partial charge in [-0.2, -0.15) is 0 Å². The summed E-state index contributed by atoms with van der Waals surface area (Å²) in [5, 5.41) is 0. The number of ether oxygens (including phenoxy) is 1. The fourth-order valence-electron chi connectivity index (χ4n) is 3.99. The van der Waals surface area contributed by atoms with Gasteiger partial charge in [-0.1, -0.05) is 30.3 Å². The van der Waals surface area contributed by atoms with Crippen LogP contribution in [0.3, 0.4) is 0 Å². The van der Waals surface area contributed by atoms with E-state index in [1.807, 2.05) is 6.07 Å². The Morgan fingerprint density at radius 3 is 1.86 bits per heavy atom. The van der Waals surface area contributed by atoms with Crippen molar-refractivity contribution in [1.29, 1.82) is 0 Å². The van der Waals surface area contributed by atoms with Gasteiger partial charge in [0.1, 0.15) is 11.9 Å². The Kier molecular flexibility index (Phi) is 5.31. The quantitative estimate of drug-likeness (QED) is 0.491. The highest BCUT2D eigenvalue weighted by Gasteiger charge is 2.34. The van der Waals surface area contributed by atoms with Gasteiger partial charge >= 0.3 is 0 Å². The monoisotopic (exact) mass is 436 g/mol. The second kappa shape index (κ2) is 7.88. The maximum Gasteiger partial charge on any atom is 0.133 e. The molecule has 1 saturated heterocycles. The zero-order valence-electron chi connectivity index (χ0n) is 16.5. The second-order valence-corrected chi connectivity index (χ2v) is 8.19. The first-order valence-electron chi connectivity index (χ1n) is 9.57. The van der Waals surface area contributed by atoms with Crippen molar-refractivity contribution >= 4 is 27.3 Å². The van der Waals surface area contributed by atoms with Crippen LogP contribution in [0, 0.1) is 13.8 Å². The van der Waals surface area contributed by atoms with Crippen LogP contribution in [0.15, 0.2) is 71.2 Å². The van der Waals surface area contributed by atoms with E-state index in [9.17, 15) is 0 Å². The molecule has 144 valence electrons. The number of nitrogens with zero attached hydrogens (tertiary/aromatic N) is 2. The van der Waals surface area contributed by atoms with Gasteiger partial charge in [0.2, 0.25) is 0 Å². The average Bonchev–Trinajstić information content (AvgIpc) is 3.13. The molecule has 0 radical (unpaired) electrons. The number of anilines is 2. The SMILES string of the molecule is COc1ccc(C2N(c3cccc(C)c3)CCN2c2cccc(C)c2)cc1Br. The minimum atomic E-state index is 0.130. The number of halogens is 1. The molecular weight excluding hydrogens is 412 g/mol. The van der Waals surface area contributed by atoms with E-state index < -0.39 is 0 Å². The zero-order valence-corrected chi connectivity index (χ0v) is 18.1. The van der Waals surface area contributed by atoms with E-state index in [0.717, 1.165) is 23.3 Å². The van der Waals surface area contributed by atoms with E-state index in [1.165, 1.54) is 28.1 Å². The fraction of sp³-hybridized carbons (Fsp3) is 0.250. The van der Waals surface area contributed by atoms with E-state index in [1.54, 1.807) is 7.11 Å². The van der Waals surface area contributed by atoms with Crippen LogP contribution < -0.4 is 14.5 Å². The van der Waals surface area contributed by atoms with Crippen molar-refractivity contribution in [2.45, 2.75) is 20.0 Å². The molecule has 28 heavy (non-hydrogen) atoms. The van der Waals surface area contributed by atoms with Crippen molar-refractivity contribution in [3.63, 3.8) is 0 Å². The maximum atomic E-state index is 5.44. The molecule has 1 heterocycles. The summed E-state index contributed by atoms with van der Waals surface area (Å²) >= 11 is 3.67. The molecule has 4 heteroatoms. The van der Waals surface area contributed by atoms with Gasteiger partial charge in [-0.3, -0.25) is 0 Å². The summed E-state index contributed by atoms with van der Waals surface area (Å²) in [5.74, 6) is 0.853. The first kappa shape index (κ1) is 18.9. The van der Waals surface area contributed by atoms with Crippen LogP contribution in [-0.2, 0) is 0 Å². The third kappa shape index (κ3) is 3.61. The summed E-state index contributed by atoms with van der Waals surface area (Å²) in [4.78, 5) is 4.98. The third-order valence-corrected chi connectivity index (χ3v) is 5.93. The van der Waals surface area contributed by atoms with Gasteiger partial charge in [0.25, 0.3) is 0 Å². The third-order valence-electron chi connectivity index (χ3n) is 5.31. The highest BCUT2D eigenvalue weighted by atomic mass is 79.9. The van der Waals surface area contributed by atoms with Gasteiger partial charge < -0.3 is 14.5 Å². The summed E-state index contributed by atoms with van der Waals surface area (Å²) in [6.45, 7) is 6.26. The van der Waals surface area contributed by atoms with Crippen molar-refractivity contribution < 1.29 is 4.74 Å². The van der Waals surface area contributed by atoms with Gasteiger partial charge in [-0.15, -0.1) is 0 Å². The fourth-order valence-corrected chi connectivity index (χ4v) is 4.54. The molecule has 0 amide bonds. The van der Waals surface area contributed by atoms with Crippen LogP contribution in [0.2, 0.25) is 0 Å². The van der Waals surface area contributed by atoms with Crippen LogP contribution in [0.1, 0.15) is 22.9 Å². The Morgan fingerprint density at radius 1 is 0.821 bits per heavy atom.